The second-order valence-electron chi connectivity index (χ2n) is 5.58. The van der Waals surface area contributed by atoms with Crippen LogP contribution in [0.4, 0.5) is 9.59 Å². The summed E-state index contributed by atoms with van der Waals surface area (Å²) in [6.45, 7) is 2.73. The minimum absolute atomic E-state index is 0.0155. The van der Waals surface area contributed by atoms with Gasteiger partial charge in [0.05, 0.1) is 25.0 Å². The minimum Gasteiger partial charge on any atom is -0.336 e. The summed E-state index contributed by atoms with van der Waals surface area (Å²) in [6.07, 6.45) is 4.61. The molecule has 11 heteroatoms. The zero-order valence-electron chi connectivity index (χ0n) is 13.3. The van der Waals surface area contributed by atoms with Gasteiger partial charge >= 0.3 is 12.1 Å². The number of urea groups is 2. The summed E-state index contributed by atoms with van der Waals surface area (Å²) in [5.41, 5.74) is 1.80. The van der Waals surface area contributed by atoms with Gasteiger partial charge < -0.3 is 9.88 Å². The van der Waals surface area contributed by atoms with Crippen LogP contribution < -0.4 is 5.32 Å². The highest BCUT2D eigenvalue weighted by molar-refractivity contribution is 7.88. The Bertz CT molecular complexity index is 899. The first-order valence-electron chi connectivity index (χ1n) is 7.35. The van der Waals surface area contributed by atoms with Gasteiger partial charge in [-0.05, 0) is 6.92 Å². The molecular formula is C13H18N6O4S. The standard InChI is InChI=1S/C13H18N6O4S/c1-10-9-11-16(5-7-18(11)15-10)4-3-14-12(20)17-6-8-19(13(17)21)24(2,22)23/h5,7,9H,3-4,6,8H2,1-2H3,(H,14,20). The zero-order chi connectivity index (χ0) is 17.5. The Balaban J connectivity index is 1.57. The van der Waals surface area contributed by atoms with Gasteiger partial charge in [-0.25, -0.2) is 31.7 Å². The molecule has 1 N–H and O–H groups in total. The quantitative estimate of drug-likeness (QED) is 0.821. The number of nitrogens with one attached hydrogen (secondary N) is 1. The number of fused-ring (bicyclic) bond motifs is 1. The normalized spacial score (nSPS) is 15.5. The molecule has 3 heterocycles. The maximum atomic E-state index is 12.1. The molecule has 0 unspecified atom stereocenters. The SMILES string of the molecule is Cc1cc2n(CCNC(=O)N3CCN(S(C)(=O)=O)C3=O)ccn2n1. The second-order valence-corrected chi connectivity index (χ2v) is 7.49. The maximum Gasteiger partial charge on any atom is 0.341 e. The predicted molar refractivity (Wildman–Crippen MR) is 85.0 cm³/mol. The highest BCUT2D eigenvalue weighted by Crippen LogP contribution is 2.12. The lowest BCUT2D eigenvalue weighted by atomic mass is 10.5. The molecule has 0 atom stereocenters. The Kier molecular flexibility index (Phi) is 3.95. The van der Waals surface area contributed by atoms with Gasteiger partial charge in [0, 0.05) is 31.5 Å². The van der Waals surface area contributed by atoms with Crippen LogP contribution in [-0.2, 0) is 16.6 Å². The topological polar surface area (TPSA) is 109 Å². The monoisotopic (exact) mass is 354 g/mol. The Morgan fingerprint density at radius 2 is 2.08 bits per heavy atom. The molecule has 2 aromatic heterocycles. The van der Waals surface area contributed by atoms with Crippen LogP contribution in [-0.4, -0.2) is 69.8 Å². The number of amides is 4. The number of aryl methyl sites for hydroxylation is 1. The smallest absolute Gasteiger partial charge is 0.336 e. The van der Waals surface area contributed by atoms with Gasteiger partial charge in [-0.2, -0.15) is 5.10 Å². The number of sulfonamides is 1. The fourth-order valence-electron chi connectivity index (χ4n) is 2.63. The van der Waals surface area contributed by atoms with Crippen molar-refractivity contribution in [1.82, 2.24) is 28.7 Å². The van der Waals surface area contributed by atoms with Crippen molar-refractivity contribution in [1.29, 1.82) is 0 Å². The van der Waals surface area contributed by atoms with E-state index >= 15 is 0 Å². The van der Waals surface area contributed by atoms with Gasteiger partial charge in [-0.15, -0.1) is 0 Å². The Morgan fingerprint density at radius 3 is 2.75 bits per heavy atom. The van der Waals surface area contributed by atoms with Crippen LogP contribution in [0.25, 0.3) is 5.65 Å². The van der Waals surface area contributed by atoms with E-state index in [0.29, 0.717) is 17.4 Å². The molecule has 130 valence electrons. The molecule has 0 saturated carbocycles. The molecule has 1 saturated heterocycles. The van der Waals surface area contributed by atoms with Crippen molar-refractivity contribution in [2.24, 2.45) is 0 Å². The first-order chi connectivity index (χ1) is 11.3. The van der Waals surface area contributed by atoms with Gasteiger partial charge in [-0.3, -0.25) is 0 Å². The summed E-state index contributed by atoms with van der Waals surface area (Å²) >= 11 is 0. The molecule has 1 aliphatic heterocycles. The van der Waals surface area contributed by atoms with Crippen LogP contribution in [0, 0.1) is 6.92 Å². The fourth-order valence-corrected chi connectivity index (χ4v) is 3.42. The number of carbonyl (C=O) groups excluding carboxylic acids is 2. The summed E-state index contributed by atoms with van der Waals surface area (Å²) in [5, 5.41) is 6.91. The summed E-state index contributed by atoms with van der Waals surface area (Å²) in [4.78, 5) is 24.9. The number of imide groups is 1. The number of rotatable bonds is 4. The Labute approximate surface area is 138 Å². The average Bonchev–Trinajstić information content (AvgIpc) is 3.13. The molecule has 0 bridgehead atoms. The summed E-state index contributed by atoms with van der Waals surface area (Å²) in [6, 6.07) is 0.513. The molecule has 2 aromatic rings. The van der Waals surface area contributed by atoms with E-state index < -0.39 is 22.1 Å². The van der Waals surface area contributed by atoms with Crippen LogP contribution in [0.1, 0.15) is 5.69 Å². The van der Waals surface area contributed by atoms with Gasteiger partial charge in [0.2, 0.25) is 10.0 Å². The van der Waals surface area contributed by atoms with Crippen molar-refractivity contribution < 1.29 is 18.0 Å². The number of nitrogens with zero attached hydrogens (tertiary/aromatic N) is 5. The molecule has 4 amide bonds. The van der Waals surface area contributed by atoms with Crippen LogP contribution in [0.5, 0.6) is 0 Å². The van der Waals surface area contributed by atoms with E-state index in [4.69, 9.17) is 0 Å². The third kappa shape index (κ3) is 2.94. The van der Waals surface area contributed by atoms with Crippen molar-refractivity contribution >= 4 is 27.7 Å². The van der Waals surface area contributed by atoms with Crippen LogP contribution >= 0.6 is 0 Å². The highest BCUT2D eigenvalue weighted by atomic mass is 32.2. The molecule has 1 aliphatic rings. The maximum absolute atomic E-state index is 12.1. The fraction of sp³-hybridized carbons (Fsp3) is 0.462. The summed E-state index contributed by atoms with van der Waals surface area (Å²) in [7, 11) is -3.65. The van der Waals surface area contributed by atoms with Gasteiger partial charge in [0.15, 0.2) is 0 Å². The molecule has 3 rings (SSSR count). The van der Waals surface area contributed by atoms with Crippen molar-refractivity contribution in [3.8, 4) is 0 Å². The van der Waals surface area contributed by atoms with Crippen molar-refractivity contribution in [3.05, 3.63) is 24.2 Å². The third-order valence-corrected chi connectivity index (χ3v) is 4.91. The van der Waals surface area contributed by atoms with Crippen LogP contribution in [0.15, 0.2) is 18.5 Å². The molecule has 0 spiro atoms. The van der Waals surface area contributed by atoms with Crippen molar-refractivity contribution in [3.63, 3.8) is 0 Å². The molecule has 0 aliphatic carbocycles. The molecule has 0 radical (unpaired) electrons. The molecule has 0 aromatic carbocycles. The van der Waals surface area contributed by atoms with Crippen molar-refractivity contribution in [2.45, 2.75) is 13.5 Å². The highest BCUT2D eigenvalue weighted by Gasteiger charge is 2.37. The number of hydrogen-bond acceptors (Lipinski definition) is 5. The summed E-state index contributed by atoms with van der Waals surface area (Å²) in [5.74, 6) is 0. The lowest BCUT2D eigenvalue weighted by Gasteiger charge is -2.16. The first-order valence-corrected chi connectivity index (χ1v) is 9.20. The predicted octanol–water partition coefficient (Wildman–Crippen LogP) is -0.149. The lowest BCUT2D eigenvalue weighted by Crippen LogP contribution is -2.44. The molecule has 24 heavy (non-hydrogen) atoms. The van der Waals surface area contributed by atoms with E-state index in [2.05, 4.69) is 10.4 Å². The van der Waals surface area contributed by atoms with Crippen molar-refractivity contribution in [2.75, 3.05) is 25.9 Å². The molecule has 1 fully saturated rings. The van der Waals surface area contributed by atoms with E-state index in [-0.39, 0.29) is 13.1 Å². The second kappa shape index (κ2) is 5.82. The van der Waals surface area contributed by atoms with Gasteiger partial charge in [0.1, 0.15) is 5.65 Å². The Morgan fingerprint density at radius 1 is 1.33 bits per heavy atom. The Hall–Kier alpha value is -2.56. The zero-order valence-corrected chi connectivity index (χ0v) is 14.2. The average molecular weight is 354 g/mol. The number of imidazole rings is 1. The molecular weight excluding hydrogens is 336 g/mol. The first kappa shape index (κ1) is 16.3. The van der Waals surface area contributed by atoms with E-state index in [0.717, 1.165) is 22.5 Å². The molecule has 10 nitrogen and oxygen atoms in total. The van der Waals surface area contributed by atoms with E-state index in [9.17, 15) is 18.0 Å². The van der Waals surface area contributed by atoms with Gasteiger partial charge in [-0.1, -0.05) is 0 Å². The number of carbonyl (C=O) groups is 2. The largest absolute Gasteiger partial charge is 0.341 e. The van der Waals surface area contributed by atoms with Crippen LogP contribution in [0.2, 0.25) is 0 Å². The van der Waals surface area contributed by atoms with Crippen LogP contribution in [0.3, 0.4) is 0 Å². The van der Waals surface area contributed by atoms with E-state index in [1.807, 2.05) is 30.0 Å². The van der Waals surface area contributed by atoms with Gasteiger partial charge in [0.25, 0.3) is 0 Å². The lowest BCUT2D eigenvalue weighted by molar-refractivity contribution is 0.194. The summed E-state index contributed by atoms with van der Waals surface area (Å²) < 4.78 is 27.2. The number of aromatic nitrogens is 3. The van der Waals surface area contributed by atoms with E-state index in [1.54, 1.807) is 4.52 Å². The minimum atomic E-state index is -3.65. The number of hydrogen-bond donors (Lipinski definition) is 1. The third-order valence-electron chi connectivity index (χ3n) is 3.77. The van der Waals surface area contributed by atoms with E-state index in [1.165, 1.54) is 0 Å².